The summed E-state index contributed by atoms with van der Waals surface area (Å²) in [5.41, 5.74) is 1.87. The average Bonchev–Trinajstić information content (AvgIpc) is 3.33. The first kappa shape index (κ1) is 20.7. The van der Waals surface area contributed by atoms with Gasteiger partial charge in [-0.1, -0.05) is 48.6 Å². The summed E-state index contributed by atoms with van der Waals surface area (Å²) in [7, 11) is 0. The van der Waals surface area contributed by atoms with Crippen molar-refractivity contribution in [3.05, 3.63) is 70.2 Å². The molecule has 1 N–H and O–H groups in total. The second-order valence-corrected chi connectivity index (χ2v) is 7.92. The van der Waals surface area contributed by atoms with Crippen LogP contribution in [0.15, 0.2) is 48.5 Å². The van der Waals surface area contributed by atoms with Gasteiger partial charge in [-0.15, -0.1) is 10.2 Å². The quantitative estimate of drug-likeness (QED) is 0.545. The number of hydrogen-bond acceptors (Lipinski definition) is 7. The molecule has 9 heteroatoms. The molecule has 1 aliphatic rings. The lowest BCUT2D eigenvalue weighted by molar-refractivity contribution is -0.118. The highest BCUT2D eigenvalue weighted by atomic mass is 32.1. The third-order valence-electron chi connectivity index (χ3n) is 4.85. The van der Waals surface area contributed by atoms with Gasteiger partial charge < -0.3 is 4.74 Å². The Labute approximate surface area is 182 Å². The molecule has 0 atom stereocenters. The van der Waals surface area contributed by atoms with Crippen molar-refractivity contribution in [3.63, 3.8) is 0 Å². The molecule has 158 valence electrons. The summed E-state index contributed by atoms with van der Waals surface area (Å²) in [6, 6.07) is 14.3. The van der Waals surface area contributed by atoms with Gasteiger partial charge in [0.2, 0.25) is 5.13 Å². The molecule has 0 saturated carbocycles. The lowest BCUT2D eigenvalue weighted by Gasteiger charge is -2.12. The van der Waals surface area contributed by atoms with E-state index >= 15 is 0 Å². The molecule has 8 nitrogen and oxygen atoms in total. The van der Waals surface area contributed by atoms with Crippen LogP contribution in [0.1, 0.15) is 38.2 Å². The zero-order valence-electron chi connectivity index (χ0n) is 16.8. The van der Waals surface area contributed by atoms with E-state index in [1.807, 2.05) is 31.2 Å². The van der Waals surface area contributed by atoms with E-state index in [2.05, 4.69) is 15.5 Å². The molecule has 0 radical (unpaired) electrons. The van der Waals surface area contributed by atoms with Crippen LogP contribution in [0.4, 0.5) is 5.13 Å². The van der Waals surface area contributed by atoms with Crippen molar-refractivity contribution in [2.75, 3.05) is 18.5 Å². The van der Waals surface area contributed by atoms with Gasteiger partial charge in [0.05, 0.1) is 11.1 Å². The van der Waals surface area contributed by atoms with Crippen molar-refractivity contribution in [3.8, 4) is 5.75 Å². The van der Waals surface area contributed by atoms with E-state index in [1.165, 1.54) is 16.2 Å². The minimum absolute atomic E-state index is 0.138. The van der Waals surface area contributed by atoms with E-state index < -0.39 is 0 Å². The van der Waals surface area contributed by atoms with Crippen molar-refractivity contribution in [1.82, 2.24) is 15.1 Å². The molecule has 0 fully saturated rings. The van der Waals surface area contributed by atoms with Crippen LogP contribution < -0.4 is 10.1 Å². The zero-order valence-corrected chi connectivity index (χ0v) is 17.6. The number of rotatable bonds is 8. The Morgan fingerprint density at radius 3 is 2.42 bits per heavy atom. The fourth-order valence-corrected chi connectivity index (χ4v) is 4.03. The van der Waals surface area contributed by atoms with E-state index in [0.29, 0.717) is 33.4 Å². The number of benzene rings is 2. The number of para-hydroxylation sites is 1. The lowest BCUT2D eigenvalue weighted by atomic mass is 10.1. The predicted octanol–water partition coefficient (Wildman–Crippen LogP) is 2.96. The molecule has 1 aliphatic heterocycles. The molecule has 0 aliphatic carbocycles. The highest BCUT2D eigenvalue weighted by Gasteiger charge is 2.34. The van der Waals surface area contributed by atoms with Gasteiger partial charge in [0, 0.05) is 13.0 Å². The maximum Gasteiger partial charge on any atom is 0.264 e. The Kier molecular flexibility index (Phi) is 6.03. The molecule has 3 amide bonds. The third-order valence-corrected chi connectivity index (χ3v) is 5.75. The van der Waals surface area contributed by atoms with Crippen LogP contribution in [-0.4, -0.2) is 46.0 Å². The normalized spacial score (nSPS) is 12.7. The van der Waals surface area contributed by atoms with E-state index in [9.17, 15) is 14.4 Å². The molecular formula is C22H20N4O4S. The largest absolute Gasteiger partial charge is 0.483 e. The standard InChI is InChI=1S/C22H20N4O4S/c1-2-14-7-3-6-10-17(14)30-13-18(27)23-22-25-24-19(31-22)11-12-26-20(28)15-8-4-5-9-16(15)21(26)29/h3-10H,2,11-13H2,1H3,(H,23,25,27). The summed E-state index contributed by atoms with van der Waals surface area (Å²) in [5, 5.41) is 11.6. The summed E-state index contributed by atoms with van der Waals surface area (Å²) in [4.78, 5) is 38.2. The van der Waals surface area contributed by atoms with Crippen LogP contribution in [0.2, 0.25) is 0 Å². The molecule has 3 aromatic rings. The first-order valence-electron chi connectivity index (χ1n) is 9.85. The van der Waals surface area contributed by atoms with E-state index in [0.717, 1.165) is 12.0 Å². The van der Waals surface area contributed by atoms with Crippen molar-refractivity contribution in [2.45, 2.75) is 19.8 Å². The van der Waals surface area contributed by atoms with Crippen molar-refractivity contribution in [2.24, 2.45) is 0 Å². The van der Waals surface area contributed by atoms with Crippen molar-refractivity contribution >= 4 is 34.2 Å². The molecule has 2 heterocycles. The van der Waals surface area contributed by atoms with Crippen LogP contribution in [0.5, 0.6) is 5.75 Å². The number of carbonyl (C=O) groups excluding carboxylic acids is 3. The Bertz CT molecular complexity index is 1110. The first-order valence-corrected chi connectivity index (χ1v) is 10.7. The second kappa shape index (κ2) is 9.05. The number of carbonyl (C=O) groups is 3. The summed E-state index contributed by atoms with van der Waals surface area (Å²) >= 11 is 1.20. The Morgan fingerprint density at radius 1 is 1.03 bits per heavy atom. The highest BCUT2D eigenvalue weighted by molar-refractivity contribution is 7.15. The van der Waals surface area contributed by atoms with Crippen LogP contribution in [0.3, 0.4) is 0 Å². The molecule has 0 bridgehead atoms. The molecule has 4 rings (SSSR count). The number of amides is 3. The molecule has 0 spiro atoms. The van der Waals surface area contributed by atoms with Gasteiger partial charge >= 0.3 is 0 Å². The monoisotopic (exact) mass is 436 g/mol. The molecular weight excluding hydrogens is 416 g/mol. The van der Waals surface area contributed by atoms with Gasteiger partial charge in [-0.2, -0.15) is 0 Å². The first-order chi connectivity index (χ1) is 15.1. The Balaban J connectivity index is 1.29. The van der Waals surface area contributed by atoms with Gasteiger partial charge in [0.15, 0.2) is 6.61 Å². The summed E-state index contributed by atoms with van der Waals surface area (Å²) < 4.78 is 5.60. The summed E-state index contributed by atoms with van der Waals surface area (Å²) in [5.74, 6) is -0.265. The number of aryl methyl sites for hydroxylation is 1. The maximum atomic E-state index is 12.4. The number of ether oxygens (including phenoxy) is 1. The minimum Gasteiger partial charge on any atom is -0.483 e. The smallest absolute Gasteiger partial charge is 0.264 e. The fourth-order valence-electron chi connectivity index (χ4n) is 3.29. The van der Waals surface area contributed by atoms with Crippen molar-refractivity contribution < 1.29 is 19.1 Å². The summed E-state index contributed by atoms with van der Waals surface area (Å²) in [6.45, 7) is 2.08. The average molecular weight is 436 g/mol. The van der Waals surface area contributed by atoms with E-state index in [-0.39, 0.29) is 30.9 Å². The fraction of sp³-hybridized carbons (Fsp3) is 0.227. The number of hydrogen-bond donors (Lipinski definition) is 1. The summed E-state index contributed by atoms with van der Waals surface area (Å²) in [6.07, 6.45) is 1.17. The Morgan fingerprint density at radius 2 is 1.71 bits per heavy atom. The number of anilines is 1. The maximum absolute atomic E-state index is 12.4. The van der Waals surface area contributed by atoms with Crippen LogP contribution >= 0.6 is 11.3 Å². The van der Waals surface area contributed by atoms with Gasteiger partial charge in [0.25, 0.3) is 17.7 Å². The topological polar surface area (TPSA) is 101 Å². The highest BCUT2D eigenvalue weighted by Crippen LogP contribution is 2.24. The number of aromatic nitrogens is 2. The van der Waals surface area contributed by atoms with Crippen molar-refractivity contribution in [1.29, 1.82) is 0 Å². The van der Waals surface area contributed by atoms with Crippen LogP contribution in [0.25, 0.3) is 0 Å². The van der Waals surface area contributed by atoms with E-state index in [4.69, 9.17) is 4.74 Å². The number of imide groups is 1. The lowest BCUT2D eigenvalue weighted by Crippen LogP contribution is -2.31. The molecule has 31 heavy (non-hydrogen) atoms. The van der Waals surface area contributed by atoms with E-state index in [1.54, 1.807) is 24.3 Å². The van der Waals surface area contributed by atoms with Gasteiger partial charge in [-0.05, 0) is 30.2 Å². The molecule has 2 aromatic carbocycles. The SMILES string of the molecule is CCc1ccccc1OCC(=O)Nc1nnc(CCN2C(=O)c3ccccc3C2=O)s1. The zero-order chi connectivity index (χ0) is 21.8. The number of nitrogens with zero attached hydrogens (tertiary/aromatic N) is 3. The Hall–Kier alpha value is -3.59. The van der Waals surface area contributed by atoms with Crippen LogP contribution in [-0.2, 0) is 17.6 Å². The van der Waals surface area contributed by atoms with Crippen LogP contribution in [0, 0.1) is 0 Å². The molecule has 0 saturated heterocycles. The third kappa shape index (κ3) is 4.46. The number of fused-ring (bicyclic) bond motifs is 1. The van der Waals surface area contributed by atoms with Gasteiger partial charge in [-0.3, -0.25) is 24.6 Å². The molecule has 1 aromatic heterocycles. The molecule has 0 unspecified atom stereocenters. The second-order valence-electron chi connectivity index (χ2n) is 6.86. The minimum atomic E-state index is -0.339. The number of nitrogens with one attached hydrogen (secondary N) is 1. The van der Waals surface area contributed by atoms with Gasteiger partial charge in [0.1, 0.15) is 10.8 Å². The van der Waals surface area contributed by atoms with Gasteiger partial charge in [-0.25, -0.2) is 0 Å². The predicted molar refractivity (Wildman–Crippen MR) is 115 cm³/mol.